The van der Waals surface area contributed by atoms with E-state index in [1.807, 2.05) is 11.8 Å². The minimum absolute atomic E-state index is 0.432. The molecule has 0 amide bonds. The van der Waals surface area contributed by atoms with Crippen LogP contribution in [-0.4, -0.2) is 31.1 Å². The molecule has 0 bridgehead atoms. The summed E-state index contributed by atoms with van der Waals surface area (Å²) < 4.78 is 5.68. The summed E-state index contributed by atoms with van der Waals surface area (Å²) in [7, 11) is 0. The van der Waals surface area contributed by atoms with Crippen LogP contribution in [0.15, 0.2) is 24.3 Å². The van der Waals surface area contributed by atoms with Crippen LogP contribution in [0.1, 0.15) is 30.9 Å². The van der Waals surface area contributed by atoms with Gasteiger partial charge in [-0.1, -0.05) is 29.8 Å². The molecule has 2 rings (SSSR count). The predicted molar refractivity (Wildman–Crippen MR) is 83.8 cm³/mol. The van der Waals surface area contributed by atoms with E-state index in [1.165, 1.54) is 24.0 Å². The van der Waals surface area contributed by atoms with Gasteiger partial charge in [-0.2, -0.15) is 11.8 Å². The third-order valence-electron chi connectivity index (χ3n) is 3.59. The molecule has 2 atom stereocenters. The molecule has 1 aromatic carbocycles. The van der Waals surface area contributed by atoms with Crippen molar-refractivity contribution in [2.24, 2.45) is 0 Å². The molecule has 1 aliphatic heterocycles. The molecule has 106 valence electrons. The zero-order valence-electron chi connectivity index (χ0n) is 12.0. The Morgan fingerprint density at radius 2 is 2.37 bits per heavy atom. The molecule has 1 aromatic rings. The van der Waals surface area contributed by atoms with Crippen molar-refractivity contribution in [1.29, 1.82) is 0 Å². The smallest absolute Gasteiger partial charge is 0.0726 e. The first-order chi connectivity index (χ1) is 9.25. The number of thioether (sulfide) groups is 1. The summed E-state index contributed by atoms with van der Waals surface area (Å²) in [6, 6.07) is 9.27. The highest BCUT2D eigenvalue weighted by Gasteiger charge is 2.21. The fourth-order valence-corrected chi connectivity index (χ4v) is 3.30. The van der Waals surface area contributed by atoms with Gasteiger partial charge >= 0.3 is 0 Å². The van der Waals surface area contributed by atoms with Crippen LogP contribution in [0, 0.1) is 6.92 Å². The van der Waals surface area contributed by atoms with E-state index in [4.69, 9.17) is 4.74 Å². The largest absolute Gasteiger partial charge is 0.377 e. The van der Waals surface area contributed by atoms with Gasteiger partial charge in [-0.3, -0.25) is 0 Å². The maximum absolute atomic E-state index is 5.68. The van der Waals surface area contributed by atoms with Crippen molar-refractivity contribution in [3.63, 3.8) is 0 Å². The average Bonchev–Trinajstić information content (AvgIpc) is 2.92. The number of ether oxygens (including phenoxy) is 1. The minimum Gasteiger partial charge on any atom is -0.377 e. The fourth-order valence-electron chi connectivity index (χ4n) is 2.48. The lowest BCUT2D eigenvalue weighted by Gasteiger charge is -2.19. The van der Waals surface area contributed by atoms with Gasteiger partial charge in [0, 0.05) is 30.7 Å². The summed E-state index contributed by atoms with van der Waals surface area (Å²) in [4.78, 5) is 0. The Bertz CT molecular complexity index is 377. The van der Waals surface area contributed by atoms with Crippen molar-refractivity contribution in [2.75, 3.05) is 18.9 Å². The van der Waals surface area contributed by atoms with E-state index >= 15 is 0 Å². The number of rotatable bonds is 7. The molecule has 0 aromatic heterocycles. The molecule has 1 aliphatic rings. The predicted octanol–water partition coefficient (Wildman–Crippen LogP) is 3.39. The molecule has 3 heteroatoms. The highest BCUT2D eigenvalue weighted by Crippen LogP contribution is 2.16. The number of aryl methyl sites for hydroxylation is 1. The number of nitrogens with one attached hydrogen (secondary N) is 1. The number of benzene rings is 1. The lowest BCUT2D eigenvalue weighted by atomic mass is 10.1. The van der Waals surface area contributed by atoms with Crippen LogP contribution < -0.4 is 5.32 Å². The van der Waals surface area contributed by atoms with Crippen molar-refractivity contribution < 1.29 is 4.74 Å². The molecule has 19 heavy (non-hydrogen) atoms. The number of hydrogen-bond donors (Lipinski definition) is 1. The summed E-state index contributed by atoms with van der Waals surface area (Å²) in [5.41, 5.74) is 2.78. The molecule has 1 fully saturated rings. The summed E-state index contributed by atoms with van der Waals surface area (Å²) >= 11 is 2.00. The van der Waals surface area contributed by atoms with Gasteiger partial charge in [0.1, 0.15) is 0 Å². The first kappa shape index (κ1) is 14.9. The maximum Gasteiger partial charge on any atom is 0.0726 e. The topological polar surface area (TPSA) is 21.3 Å². The fraction of sp³-hybridized carbons (Fsp3) is 0.625. The van der Waals surface area contributed by atoms with Crippen LogP contribution in [0.2, 0.25) is 0 Å². The standard InChI is InChI=1S/C16H25NOS/c1-13-5-3-6-15(11-13)12-19-10-8-17-14(2)16-7-4-9-18-16/h3,5-6,11,14,16-17H,4,7-10,12H2,1-2H3. The van der Waals surface area contributed by atoms with E-state index in [0.717, 1.165) is 24.7 Å². The lowest BCUT2D eigenvalue weighted by Crippen LogP contribution is -2.38. The highest BCUT2D eigenvalue weighted by atomic mass is 32.2. The minimum atomic E-state index is 0.432. The van der Waals surface area contributed by atoms with Gasteiger partial charge in [0.15, 0.2) is 0 Å². The summed E-state index contributed by atoms with van der Waals surface area (Å²) in [5.74, 6) is 2.27. The molecule has 0 spiro atoms. The summed E-state index contributed by atoms with van der Waals surface area (Å²) in [6.07, 6.45) is 2.87. The second-order valence-electron chi connectivity index (χ2n) is 5.34. The maximum atomic E-state index is 5.68. The zero-order chi connectivity index (χ0) is 13.5. The van der Waals surface area contributed by atoms with Crippen molar-refractivity contribution in [3.8, 4) is 0 Å². The van der Waals surface area contributed by atoms with Crippen molar-refractivity contribution in [2.45, 2.75) is 44.6 Å². The molecule has 1 saturated heterocycles. The van der Waals surface area contributed by atoms with E-state index in [1.54, 1.807) is 0 Å². The second-order valence-corrected chi connectivity index (χ2v) is 6.44. The van der Waals surface area contributed by atoms with Gasteiger partial charge in [0.2, 0.25) is 0 Å². The van der Waals surface area contributed by atoms with Gasteiger partial charge in [0.05, 0.1) is 6.10 Å². The van der Waals surface area contributed by atoms with Crippen LogP contribution in [0.5, 0.6) is 0 Å². The molecular weight excluding hydrogens is 254 g/mol. The lowest BCUT2D eigenvalue weighted by molar-refractivity contribution is 0.0844. The van der Waals surface area contributed by atoms with E-state index < -0.39 is 0 Å². The Labute approximate surface area is 121 Å². The third kappa shape index (κ3) is 5.17. The Hall–Kier alpha value is -0.510. The Morgan fingerprint density at radius 1 is 1.47 bits per heavy atom. The van der Waals surface area contributed by atoms with E-state index in [9.17, 15) is 0 Å². The second kappa shape index (κ2) is 7.93. The van der Waals surface area contributed by atoms with Gasteiger partial charge in [0.25, 0.3) is 0 Å². The average molecular weight is 279 g/mol. The summed E-state index contributed by atoms with van der Waals surface area (Å²) in [6.45, 7) is 6.40. The third-order valence-corrected chi connectivity index (χ3v) is 4.62. The summed E-state index contributed by atoms with van der Waals surface area (Å²) in [5, 5.41) is 3.58. The van der Waals surface area contributed by atoms with Gasteiger partial charge in [-0.15, -0.1) is 0 Å². The van der Waals surface area contributed by atoms with Crippen LogP contribution in [0.3, 0.4) is 0 Å². The SMILES string of the molecule is Cc1cccc(CSCCNC(C)C2CCCO2)c1. The Kier molecular flexibility index (Phi) is 6.21. The molecule has 1 N–H and O–H groups in total. The van der Waals surface area contributed by atoms with Crippen molar-refractivity contribution in [3.05, 3.63) is 35.4 Å². The van der Waals surface area contributed by atoms with Gasteiger partial charge < -0.3 is 10.1 Å². The van der Waals surface area contributed by atoms with Crippen molar-refractivity contribution >= 4 is 11.8 Å². The number of hydrogen-bond acceptors (Lipinski definition) is 3. The Morgan fingerprint density at radius 3 is 3.11 bits per heavy atom. The van der Waals surface area contributed by atoms with Crippen LogP contribution in [0.25, 0.3) is 0 Å². The molecule has 0 aliphatic carbocycles. The van der Waals surface area contributed by atoms with E-state index in [0.29, 0.717) is 12.1 Å². The zero-order valence-corrected chi connectivity index (χ0v) is 12.8. The normalized spacial score (nSPS) is 20.6. The van der Waals surface area contributed by atoms with E-state index in [2.05, 4.69) is 43.4 Å². The van der Waals surface area contributed by atoms with Crippen LogP contribution in [-0.2, 0) is 10.5 Å². The first-order valence-electron chi connectivity index (χ1n) is 7.24. The van der Waals surface area contributed by atoms with Gasteiger partial charge in [-0.05, 0) is 32.3 Å². The molecular formula is C16H25NOS. The quantitative estimate of drug-likeness (QED) is 0.773. The molecule has 0 radical (unpaired) electrons. The molecule has 2 nitrogen and oxygen atoms in total. The van der Waals surface area contributed by atoms with Gasteiger partial charge in [-0.25, -0.2) is 0 Å². The Balaban J connectivity index is 1.56. The monoisotopic (exact) mass is 279 g/mol. The van der Waals surface area contributed by atoms with Crippen LogP contribution in [0.4, 0.5) is 0 Å². The molecule has 0 saturated carbocycles. The molecule has 2 unspecified atom stereocenters. The van der Waals surface area contributed by atoms with Crippen molar-refractivity contribution in [1.82, 2.24) is 5.32 Å². The van der Waals surface area contributed by atoms with Crippen LogP contribution >= 0.6 is 11.8 Å². The first-order valence-corrected chi connectivity index (χ1v) is 8.39. The molecule has 1 heterocycles. The van der Waals surface area contributed by atoms with E-state index in [-0.39, 0.29) is 0 Å². The highest BCUT2D eigenvalue weighted by molar-refractivity contribution is 7.98.